The second-order valence-electron chi connectivity index (χ2n) is 9.46. The van der Waals surface area contributed by atoms with Crippen LogP contribution in [-0.4, -0.2) is 39.1 Å². The van der Waals surface area contributed by atoms with Gasteiger partial charge in [-0.3, -0.25) is 9.78 Å². The number of thiocarbonyl (C=S) groups is 1. The van der Waals surface area contributed by atoms with E-state index in [1.165, 1.54) is 0 Å². The number of nitrogens with one attached hydrogen (secondary N) is 2. The third-order valence-electron chi connectivity index (χ3n) is 7.01. The van der Waals surface area contributed by atoms with E-state index < -0.39 is 0 Å². The van der Waals surface area contributed by atoms with Crippen LogP contribution in [0.1, 0.15) is 41.1 Å². The average molecular weight is 560 g/mol. The Labute approximate surface area is 238 Å². The molecular weight excluding hydrogens is 530 g/mol. The van der Waals surface area contributed by atoms with E-state index in [-0.39, 0.29) is 24.4 Å². The normalized spacial score (nSPS) is 16.7. The molecule has 0 saturated carbocycles. The molecule has 0 aliphatic carbocycles. The van der Waals surface area contributed by atoms with Gasteiger partial charge in [-0.1, -0.05) is 35.9 Å². The monoisotopic (exact) mass is 559 g/mol. The van der Waals surface area contributed by atoms with Gasteiger partial charge in [0.25, 0.3) is 0 Å². The highest BCUT2D eigenvalue weighted by Gasteiger charge is 2.41. The molecular formula is C30H30ClN5O2S. The van der Waals surface area contributed by atoms with Crippen molar-refractivity contribution in [2.24, 2.45) is 0 Å². The number of carbonyl (C=O) groups excluding carboxylic acids is 1. The highest BCUT2D eigenvalue weighted by molar-refractivity contribution is 7.80. The number of aromatic nitrogens is 2. The summed E-state index contributed by atoms with van der Waals surface area (Å²) in [6, 6.07) is 22.7. The minimum atomic E-state index is -0.189. The number of ether oxygens (including phenoxy) is 1. The molecule has 2 N–H and O–H groups in total. The lowest BCUT2D eigenvalue weighted by atomic mass is 9.96. The number of nitrogens with zero attached hydrogens (tertiary/aromatic N) is 3. The second kappa shape index (κ2) is 11.5. The molecule has 4 aromatic rings. The standard InChI is InChI=1S/C30H30ClN5O2S/c1-19-17-23(20(2)36(19)25-18-21(31)12-13-26(25)38-3)29-28(24-11-7-8-15-32-24)34-30(39)35(29)16-14-27(37)33-22-9-5-4-6-10-22/h4-13,15,17-18,28-29H,14,16H2,1-3H3,(H,33,37)(H,34,39)/t28-,29+/m0/s1. The predicted octanol–water partition coefficient (Wildman–Crippen LogP) is 6.15. The minimum Gasteiger partial charge on any atom is -0.495 e. The number of methoxy groups -OCH3 is 1. The Morgan fingerprint density at radius 2 is 1.87 bits per heavy atom. The molecule has 2 atom stereocenters. The molecule has 0 bridgehead atoms. The van der Waals surface area contributed by atoms with Gasteiger partial charge in [-0.15, -0.1) is 0 Å². The van der Waals surface area contributed by atoms with Crippen molar-refractivity contribution in [1.82, 2.24) is 19.8 Å². The van der Waals surface area contributed by atoms with Crippen LogP contribution in [0, 0.1) is 13.8 Å². The first-order valence-corrected chi connectivity index (χ1v) is 13.5. The Kier molecular flexibility index (Phi) is 7.86. The van der Waals surface area contributed by atoms with E-state index in [1.807, 2.05) is 66.7 Å². The van der Waals surface area contributed by atoms with E-state index in [4.69, 9.17) is 28.6 Å². The first-order valence-electron chi connectivity index (χ1n) is 12.7. The Morgan fingerprint density at radius 3 is 2.59 bits per heavy atom. The molecule has 2 aromatic carbocycles. The van der Waals surface area contributed by atoms with E-state index in [0.717, 1.165) is 39.8 Å². The molecule has 5 rings (SSSR count). The highest BCUT2D eigenvalue weighted by Crippen LogP contribution is 2.42. The number of rotatable bonds is 8. The minimum absolute atomic E-state index is 0.0711. The van der Waals surface area contributed by atoms with Crippen LogP contribution < -0.4 is 15.4 Å². The molecule has 7 nitrogen and oxygen atoms in total. The number of para-hydroxylation sites is 1. The zero-order valence-corrected chi connectivity index (χ0v) is 23.6. The number of anilines is 1. The smallest absolute Gasteiger partial charge is 0.226 e. The molecule has 9 heteroatoms. The number of benzene rings is 2. The third kappa shape index (κ3) is 5.48. The van der Waals surface area contributed by atoms with Gasteiger partial charge in [0.15, 0.2) is 5.11 Å². The Morgan fingerprint density at radius 1 is 1.10 bits per heavy atom. The first kappa shape index (κ1) is 26.7. The molecule has 2 aromatic heterocycles. The zero-order chi connectivity index (χ0) is 27.5. The fourth-order valence-electron chi connectivity index (χ4n) is 5.25. The van der Waals surface area contributed by atoms with Gasteiger partial charge in [0.2, 0.25) is 5.91 Å². The Bertz CT molecular complexity index is 1490. The van der Waals surface area contributed by atoms with Crippen LogP contribution in [0.25, 0.3) is 5.69 Å². The van der Waals surface area contributed by atoms with Crippen molar-refractivity contribution in [2.45, 2.75) is 32.4 Å². The van der Waals surface area contributed by atoms with Gasteiger partial charge in [-0.2, -0.15) is 0 Å². The molecule has 0 unspecified atom stereocenters. The van der Waals surface area contributed by atoms with Crippen LogP contribution in [0.15, 0.2) is 79.0 Å². The SMILES string of the molecule is COc1ccc(Cl)cc1-n1c(C)cc([C@@H]2[C@H](c3ccccn3)NC(=S)N2CCC(=O)Nc2ccccc2)c1C. The van der Waals surface area contributed by atoms with E-state index >= 15 is 0 Å². The van der Waals surface area contributed by atoms with Gasteiger partial charge in [0.05, 0.1) is 30.6 Å². The summed E-state index contributed by atoms with van der Waals surface area (Å²) in [6.07, 6.45) is 2.07. The second-order valence-corrected chi connectivity index (χ2v) is 10.3. The van der Waals surface area contributed by atoms with E-state index in [1.54, 1.807) is 13.3 Å². The summed E-state index contributed by atoms with van der Waals surface area (Å²) in [6.45, 7) is 4.59. The predicted molar refractivity (Wildman–Crippen MR) is 159 cm³/mol. The summed E-state index contributed by atoms with van der Waals surface area (Å²) in [5.74, 6) is 0.654. The molecule has 3 heterocycles. The van der Waals surface area contributed by atoms with E-state index in [9.17, 15) is 4.79 Å². The van der Waals surface area contributed by atoms with Crippen LogP contribution in [0.4, 0.5) is 5.69 Å². The number of halogens is 1. The summed E-state index contributed by atoms with van der Waals surface area (Å²) < 4.78 is 7.81. The van der Waals surface area contributed by atoms with Crippen molar-refractivity contribution >= 4 is 40.5 Å². The van der Waals surface area contributed by atoms with E-state index in [2.05, 4.69) is 45.0 Å². The molecule has 1 aliphatic rings. The molecule has 200 valence electrons. The van der Waals surface area contributed by atoms with Crippen molar-refractivity contribution in [3.63, 3.8) is 0 Å². The molecule has 0 radical (unpaired) electrons. The number of aryl methyl sites for hydroxylation is 1. The number of carbonyl (C=O) groups is 1. The lowest BCUT2D eigenvalue weighted by molar-refractivity contribution is -0.116. The number of hydrogen-bond donors (Lipinski definition) is 2. The highest BCUT2D eigenvalue weighted by atomic mass is 35.5. The maximum Gasteiger partial charge on any atom is 0.226 e. The first-order chi connectivity index (χ1) is 18.9. The number of pyridine rings is 1. The fourth-order valence-corrected chi connectivity index (χ4v) is 5.75. The lowest BCUT2D eigenvalue weighted by Crippen LogP contribution is -2.32. The number of hydrogen-bond acceptors (Lipinski definition) is 4. The van der Waals surface area contributed by atoms with Crippen molar-refractivity contribution in [3.8, 4) is 11.4 Å². The summed E-state index contributed by atoms with van der Waals surface area (Å²) >= 11 is 12.2. The van der Waals surface area contributed by atoms with Crippen LogP contribution >= 0.6 is 23.8 Å². The third-order valence-corrected chi connectivity index (χ3v) is 7.59. The molecule has 1 fully saturated rings. The van der Waals surface area contributed by atoms with Crippen LogP contribution in [-0.2, 0) is 4.79 Å². The molecule has 1 aliphatic heterocycles. The van der Waals surface area contributed by atoms with Crippen molar-refractivity contribution in [1.29, 1.82) is 0 Å². The Hall–Kier alpha value is -3.88. The lowest BCUT2D eigenvalue weighted by Gasteiger charge is -2.28. The summed E-state index contributed by atoms with van der Waals surface area (Å²) in [4.78, 5) is 19.6. The van der Waals surface area contributed by atoms with Crippen molar-refractivity contribution in [2.75, 3.05) is 19.0 Å². The summed E-state index contributed by atoms with van der Waals surface area (Å²) in [5.41, 5.74) is 5.66. The van der Waals surface area contributed by atoms with Gasteiger partial charge >= 0.3 is 0 Å². The molecule has 0 spiro atoms. The maximum absolute atomic E-state index is 12.8. The average Bonchev–Trinajstić information content (AvgIpc) is 3.42. The Balaban J connectivity index is 1.51. The van der Waals surface area contributed by atoms with Gasteiger partial charge < -0.3 is 24.8 Å². The van der Waals surface area contributed by atoms with Gasteiger partial charge in [-0.25, -0.2) is 0 Å². The quantitative estimate of drug-likeness (QED) is 0.252. The van der Waals surface area contributed by atoms with E-state index in [0.29, 0.717) is 16.7 Å². The summed E-state index contributed by atoms with van der Waals surface area (Å²) in [7, 11) is 1.65. The molecule has 1 amide bonds. The van der Waals surface area contributed by atoms with Crippen LogP contribution in [0.3, 0.4) is 0 Å². The maximum atomic E-state index is 12.8. The number of amides is 1. The summed E-state index contributed by atoms with van der Waals surface area (Å²) in [5, 5.41) is 7.66. The molecule has 39 heavy (non-hydrogen) atoms. The van der Waals surface area contributed by atoms with Crippen LogP contribution in [0.2, 0.25) is 5.02 Å². The van der Waals surface area contributed by atoms with Gasteiger partial charge in [-0.05, 0) is 80.2 Å². The fraction of sp³-hybridized carbons (Fsp3) is 0.233. The zero-order valence-electron chi connectivity index (χ0n) is 22.0. The largest absolute Gasteiger partial charge is 0.495 e. The topological polar surface area (TPSA) is 71.4 Å². The van der Waals surface area contributed by atoms with Gasteiger partial charge in [0, 0.05) is 41.3 Å². The van der Waals surface area contributed by atoms with Gasteiger partial charge in [0.1, 0.15) is 5.75 Å². The van der Waals surface area contributed by atoms with Crippen molar-refractivity contribution in [3.05, 3.63) is 107 Å². The molecule has 1 saturated heterocycles. The van der Waals surface area contributed by atoms with Crippen LogP contribution in [0.5, 0.6) is 5.75 Å². The van der Waals surface area contributed by atoms with Crippen molar-refractivity contribution < 1.29 is 9.53 Å².